The van der Waals surface area contributed by atoms with Crippen molar-refractivity contribution in [3.05, 3.63) is 0 Å². The van der Waals surface area contributed by atoms with E-state index in [9.17, 15) is 14.4 Å². The average Bonchev–Trinajstić information content (AvgIpc) is 2.78. The van der Waals surface area contributed by atoms with Gasteiger partial charge in [0.2, 0.25) is 5.91 Å². The molecule has 7 heteroatoms. The van der Waals surface area contributed by atoms with E-state index in [1.54, 1.807) is 25.9 Å². The normalized spacial score (nSPS) is 23.3. The zero-order valence-corrected chi connectivity index (χ0v) is 12.4. The van der Waals surface area contributed by atoms with Crippen LogP contribution in [0, 0.1) is 17.8 Å². The van der Waals surface area contributed by atoms with Gasteiger partial charge in [-0.1, -0.05) is 13.8 Å². The van der Waals surface area contributed by atoms with E-state index in [0.29, 0.717) is 13.1 Å². The Kier molecular flexibility index (Phi) is 5.35. The van der Waals surface area contributed by atoms with E-state index in [1.807, 2.05) is 6.92 Å². The van der Waals surface area contributed by atoms with Crippen LogP contribution in [0.3, 0.4) is 0 Å². The van der Waals surface area contributed by atoms with Gasteiger partial charge in [0, 0.05) is 33.7 Å². The number of carboxylic acid groups (broad SMARTS) is 1. The Hall–Kier alpha value is -1.79. The molecule has 7 nitrogen and oxygen atoms in total. The van der Waals surface area contributed by atoms with Crippen molar-refractivity contribution in [1.82, 2.24) is 15.1 Å². The number of carbonyl (C=O) groups excluding carboxylic acids is 2. The summed E-state index contributed by atoms with van der Waals surface area (Å²) in [5.74, 6) is -1.86. The lowest BCUT2D eigenvalue weighted by molar-refractivity contribution is -0.142. The Balaban J connectivity index is 2.58. The molecule has 1 aliphatic heterocycles. The number of carboxylic acids is 1. The van der Waals surface area contributed by atoms with Crippen molar-refractivity contribution in [2.75, 3.05) is 33.7 Å². The Morgan fingerprint density at radius 3 is 2.45 bits per heavy atom. The monoisotopic (exact) mass is 285 g/mol. The molecule has 0 radical (unpaired) electrons. The predicted molar refractivity (Wildman–Crippen MR) is 73.1 cm³/mol. The molecule has 0 saturated carbocycles. The molecule has 2 N–H and O–H groups in total. The van der Waals surface area contributed by atoms with Gasteiger partial charge >= 0.3 is 12.0 Å². The second-order valence-electron chi connectivity index (χ2n) is 5.51. The van der Waals surface area contributed by atoms with E-state index in [-0.39, 0.29) is 30.3 Å². The number of urea groups is 1. The van der Waals surface area contributed by atoms with Crippen LogP contribution in [-0.4, -0.2) is 66.5 Å². The lowest BCUT2D eigenvalue weighted by Gasteiger charge is -2.26. The molecule has 1 rings (SSSR count). The fraction of sp³-hybridized carbons (Fsp3) is 0.769. The molecule has 0 aromatic carbocycles. The van der Waals surface area contributed by atoms with Gasteiger partial charge in [0.1, 0.15) is 0 Å². The first-order valence-electron chi connectivity index (χ1n) is 6.72. The lowest BCUT2D eigenvalue weighted by Crippen LogP contribution is -2.44. The summed E-state index contributed by atoms with van der Waals surface area (Å²) >= 11 is 0. The highest BCUT2D eigenvalue weighted by molar-refractivity contribution is 5.80. The minimum Gasteiger partial charge on any atom is -0.481 e. The number of hydrogen-bond donors (Lipinski definition) is 2. The number of aliphatic carboxylic acids is 1. The summed E-state index contributed by atoms with van der Waals surface area (Å²) in [7, 11) is 3.18. The number of amides is 3. The van der Waals surface area contributed by atoms with Gasteiger partial charge in [0.25, 0.3) is 0 Å². The summed E-state index contributed by atoms with van der Waals surface area (Å²) < 4.78 is 0. The highest BCUT2D eigenvalue weighted by Gasteiger charge is 2.38. The molecule has 3 amide bonds. The molecular weight excluding hydrogens is 262 g/mol. The smallest absolute Gasteiger partial charge is 0.319 e. The Morgan fingerprint density at radius 2 is 2.00 bits per heavy atom. The molecule has 0 spiro atoms. The molecule has 1 saturated heterocycles. The first-order chi connectivity index (χ1) is 9.27. The molecule has 20 heavy (non-hydrogen) atoms. The molecule has 0 aromatic rings. The second kappa shape index (κ2) is 6.58. The third kappa shape index (κ3) is 3.61. The van der Waals surface area contributed by atoms with Gasteiger partial charge in [-0.3, -0.25) is 9.59 Å². The molecular formula is C13H23N3O4. The maximum absolute atomic E-state index is 12.2. The van der Waals surface area contributed by atoms with E-state index in [1.165, 1.54) is 4.90 Å². The Labute approximate surface area is 118 Å². The molecule has 1 fully saturated rings. The molecule has 0 bridgehead atoms. The van der Waals surface area contributed by atoms with E-state index >= 15 is 0 Å². The summed E-state index contributed by atoms with van der Waals surface area (Å²) in [4.78, 5) is 37.7. The van der Waals surface area contributed by atoms with Gasteiger partial charge in [0.05, 0.1) is 11.8 Å². The maximum Gasteiger partial charge on any atom is 0.319 e. The van der Waals surface area contributed by atoms with Crippen molar-refractivity contribution < 1.29 is 19.5 Å². The maximum atomic E-state index is 12.2. The number of nitrogens with one attached hydrogen (secondary N) is 1. The first-order valence-corrected chi connectivity index (χ1v) is 6.72. The van der Waals surface area contributed by atoms with Gasteiger partial charge in [-0.25, -0.2) is 4.79 Å². The second-order valence-corrected chi connectivity index (χ2v) is 5.51. The van der Waals surface area contributed by atoms with Gasteiger partial charge in [-0.05, 0) is 5.92 Å². The Morgan fingerprint density at radius 1 is 1.40 bits per heavy atom. The SMILES string of the molecule is CNC(=O)C(C)CN(C)C(=O)N1C[C@@H](C)[C@H](C(=O)O)C1. The van der Waals surface area contributed by atoms with Crippen LogP contribution in [0.4, 0.5) is 4.79 Å². The zero-order valence-electron chi connectivity index (χ0n) is 12.4. The fourth-order valence-corrected chi connectivity index (χ4v) is 2.50. The quantitative estimate of drug-likeness (QED) is 0.765. The zero-order chi connectivity index (χ0) is 15.4. The summed E-state index contributed by atoms with van der Waals surface area (Å²) in [5.41, 5.74) is 0. The van der Waals surface area contributed by atoms with E-state index in [0.717, 1.165) is 0 Å². The first kappa shape index (κ1) is 16.3. The van der Waals surface area contributed by atoms with Gasteiger partial charge in [0.15, 0.2) is 0 Å². The van der Waals surface area contributed by atoms with Crippen LogP contribution in [-0.2, 0) is 9.59 Å². The predicted octanol–water partition coefficient (Wildman–Crippen LogP) is 0.0728. The summed E-state index contributed by atoms with van der Waals surface area (Å²) in [6, 6.07) is -0.226. The van der Waals surface area contributed by atoms with Crippen molar-refractivity contribution >= 4 is 17.9 Å². The Bertz CT molecular complexity index is 399. The van der Waals surface area contributed by atoms with Crippen LogP contribution in [0.15, 0.2) is 0 Å². The van der Waals surface area contributed by atoms with Crippen molar-refractivity contribution in [2.45, 2.75) is 13.8 Å². The molecule has 114 valence electrons. The minimum atomic E-state index is -0.866. The molecule has 1 aliphatic rings. The third-order valence-electron chi connectivity index (χ3n) is 3.77. The van der Waals surface area contributed by atoms with Crippen LogP contribution in [0.1, 0.15) is 13.8 Å². The van der Waals surface area contributed by atoms with Crippen LogP contribution >= 0.6 is 0 Å². The van der Waals surface area contributed by atoms with E-state index < -0.39 is 11.9 Å². The molecule has 0 aromatic heterocycles. The van der Waals surface area contributed by atoms with E-state index in [4.69, 9.17) is 5.11 Å². The van der Waals surface area contributed by atoms with Gasteiger partial charge in [-0.15, -0.1) is 0 Å². The lowest BCUT2D eigenvalue weighted by atomic mass is 9.99. The number of nitrogens with zero attached hydrogens (tertiary/aromatic N) is 2. The number of rotatable bonds is 4. The minimum absolute atomic E-state index is 0.0544. The third-order valence-corrected chi connectivity index (χ3v) is 3.77. The number of carbonyl (C=O) groups is 3. The van der Waals surface area contributed by atoms with Gasteiger partial charge in [-0.2, -0.15) is 0 Å². The van der Waals surface area contributed by atoms with Gasteiger partial charge < -0.3 is 20.2 Å². The van der Waals surface area contributed by atoms with Crippen LogP contribution in [0.5, 0.6) is 0 Å². The highest BCUT2D eigenvalue weighted by Crippen LogP contribution is 2.24. The standard InChI is InChI=1S/C13H23N3O4/c1-8-6-16(7-10(8)12(18)19)13(20)15(4)5-9(2)11(17)14-3/h8-10H,5-7H2,1-4H3,(H,14,17)(H,18,19)/t8-,9?,10-/m1/s1. The van der Waals surface area contributed by atoms with Crippen LogP contribution in [0.25, 0.3) is 0 Å². The van der Waals surface area contributed by atoms with Crippen molar-refractivity contribution in [3.8, 4) is 0 Å². The van der Waals surface area contributed by atoms with Crippen LogP contribution < -0.4 is 5.32 Å². The fourth-order valence-electron chi connectivity index (χ4n) is 2.50. The van der Waals surface area contributed by atoms with Crippen LogP contribution in [0.2, 0.25) is 0 Å². The molecule has 1 heterocycles. The van der Waals surface area contributed by atoms with Crippen molar-refractivity contribution in [2.24, 2.45) is 17.8 Å². The number of hydrogen-bond acceptors (Lipinski definition) is 3. The summed E-state index contributed by atoms with van der Waals surface area (Å²) in [6.07, 6.45) is 0. The molecule has 1 unspecified atom stereocenters. The van der Waals surface area contributed by atoms with Crippen molar-refractivity contribution in [3.63, 3.8) is 0 Å². The number of likely N-dealkylation sites (tertiary alicyclic amines) is 1. The summed E-state index contributed by atoms with van der Waals surface area (Å²) in [5, 5.41) is 11.6. The molecule has 0 aliphatic carbocycles. The average molecular weight is 285 g/mol. The summed E-state index contributed by atoms with van der Waals surface area (Å²) in [6.45, 7) is 4.55. The largest absolute Gasteiger partial charge is 0.481 e. The van der Waals surface area contributed by atoms with E-state index in [2.05, 4.69) is 5.32 Å². The highest BCUT2D eigenvalue weighted by atomic mass is 16.4. The molecule has 3 atom stereocenters. The van der Waals surface area contributed by atoms with Crippen molar-refractivity contribution in [1.29, 1.82) is 0 Å². The topological polar surface area (TPSA) is 90.0 Å².